The summed E-state index contributed by atoms with van der Waals surface area (Å²) in [6.45, 7) is 6.37. The highest BCUT2D eigenvalue weighted by Gasteiger charge is 2.15. The van der Waals surface area contributed by atoms with Crippen LogP contribution in [0.15, 0.2) is 12.1 Å². The molecule has 16 heavy (non-hydrogen) atoms. The van der Waals surface area contributed by atoms with Crippen molar-refractivity contribution in [3.8, 4) is 5.75 Å². The molecule has 0 bridgehead atoms. The van der Waals surface area contributed by atoms with Crippen LogP contribution >= 0.6 is 0 Å². The molecule has 88 valence electrons. The Kier molecular flexibility index (Phi) is 3.49. The molecule has 2 heteroatoms. The van der Waals surface area contributed by atoms with Crippen LogP contribution in [0.3, 0.4) is 0 Å². The zero-order valence-corrected chi connectivity index (χ0v) is 10.2. The Labute approximate surface area is 97.7 Å². The Morgan fingerprint density at radius 1 is 1.19 bits per heavy atom. The van der Waals surface area contributed by atoms with E-state index in [-0.39, 0.29) is 0 Å². The third-order valence-corrected chi connectivity index (χ3v) is 3.62. The fraction of sp³-hybridized carbons (Fsp3) is 0.571. The first kappa shape index (κ1) is 11.5. The quantitative estimate of drug-likeness (QED) is 0.801. The number of hydrogen-bond acceptors (Lipinski definition) is 2. The topological polar surface area (TPSA) is 32.3 Å². The van der Waals surface area contributed by atoms with E-state index in [4.69, 9.17) is 0 Å². The van der Waals surface area contributed by atoms with Crippen LogP contribution in [0.1, 0.15) is 29.5 Å². The van der Waals surface area contributed by atoms with E-state index in [1.54, 1.807) is 0 Å². The minimum atomic E-state index is 0.423. The van der Waals surface area contributed by atoms with Gasteiger partial charge in [0.15, 0.2) is 0 Å². The van der Waals surface area contributed by atoms with Crippen molar-refractivity contribution in [3.63, 3.8) is 0 Å². The van der Waals surface area contributed by atoms with Gasteiger partial charge in [0, 0.05) is 0 Å². The summed E-state index contributed by atoms with van der Waals surface area (Å²) < 4.78 is 0. The van der Waals surface area contributed by atoms with Crippen LogP contribution in [0.5, 0.6) is 5.75 Å². The summed E-state index contributed by atoms with van der Waals surface area (Å²) in [5.74, 6) is 1.23. The van der Waals surface area contributed by atoms with Crippen molar-refractivity contribution in [2.24, 2.45) is 5.92 Å². The number of benzene rings is 1. The van der Waals surface area contributed by atoms with Crippen molar-refractivity contribution in [1.29, 1.82) is 0 Å². The number of piperidine rings is 1. The maximum absolute atomic E-state index is 9.62. The average Bonchev–Trinajstić information content (AvgIpc) is 2.27. The molecule has 1 heterocycles. The first-order valence-corrected chi connectivity index (χ1v) is 6.16. The van der Waals surface area contributed by atoms with Gasteiger partial charge in [0.05, 0.1) is 0 Å². The Morgan fingerprint density at radius 2 is 1.88 bits per heavy atom. The second-order valence-corrected chi connectivity index (χ2v) is 4.96. The molecular weight excluding hydrogens is 198 g/mol. The van der Waals surface area contributed by atoms with E-state index in [2.05, 4.69) is 18.3 Å². The lowest BCUT2D eigenvalue weighted by Crippen LogP contribution is -2.28. The van der Waals surface area contributed by atoms with Gasteiger partial charge in [-0.05, 0) is 74.9 Å². The summed E-state index contributed by atoms with van der Waals surface area (Å²) in [4.78, 5) is 0. The van der Waals surface area contributed by atoms with Crippen molar-refractivity contribution < 1.29 is 5.11 Å². The molecule has 0 aliphatic carbocycles. The summed E-state index contributed by atoms with van der Waals surface area (Å²) in [6, 6.07) is 4.04. The van der Waals surface area contributed by atoms with Gasteiger partial charge in [-0.15, -0.1) is 0 Å². The Morgan fingerprint density at radius 3 is 2.56 bits per heavy atom. The molecule has 1 aliphatic heterocycles. The highest BCUT2D eigenvalue weighted by Crippen LogP contribution is 2.25. The lowest BCUT2D eigenvalue weighted by atomic mass is 9.88. The first-order chi connectivity index (χ1) is 7.66. The molecule has 2 rings (SSSR count). The fourth-order valence-electron chi connectivity index (χ4n) is 2.48. The van der Waals surface area contributed by atoms with Gasteiger partial charge >= 0.3 is 0 Å². The predicted molar refractivity (Wildman–Crippen MR) is 66.9 cm³/mol. The average molecular weight is 219 g/mol. The highest BCUT2D eigenvalue weighted by molar-refractivity contribution is 5.40. The van der Waals surface area contributed by atoms with E-state index in [1.165, 1.54) is 24.0 Å². The van der Waals surface area contributed by atoms with E-state index in [0.29, 0.717) is 5.75 Å². The summed E-state index contributed by atoms with van der Waals surface area (Å²) in [5, 5.41) is 13.0. The van der Waals surface area contributed by atoms with E-state index >= 15 is 0 Å². The molecule has 0 aromatic heterocycles. The van der Waals surface area contributed by atoms with Gasteiger partial charge in [-0.2, -0.15) is 0 Å². The molecule has 2 N–H and O–H groups in total. The highest BCUT2D eigenvalue weighted by atomic mass is 16.3. The molecule has 1 aliphatic rings. The summed E-state index contributed by atoms with van der Waals surface area (Å²) in [7, 11) is 0. The van der Waals surface area contributed by atoms with Crippen LogP contribution in [-0.2, 0) is 6.42 Å². The van der Waals surface area contributed by atoms with Gasteiger partial charge in [-0.3, -0.25) is 0 Å². The molecule has 1 fully saturated rings. The summed E-state index contributed by atoms with van der Waals surface area (Å²) in [6.07, 6.45) is 3.72. The van der Waals surface area contributed by atoms with Crippen molar-refractivity contribution in [2.45, 2.75) is 33.1 Å². The largest absolute Gasteiger partial charge is 0.508 e. The minimum Gasteiger partial charge on any atom is -0.508 e. The van der Waals surface area contributed by atoms with Crippen LogP contribution in [-0.4, -0.2) is 18.2 Å². The Balaban J connectivity index is 2.11. The number of nitrogens with one attached hydrogen (secondary N) is 1. The normalized spacial score (nSPS) is 17.6. The zero-order chi connectivity index (χ0) is 11.5. The minimum absolute atomic E-state index is 0.423. The van der Waals surface area contributed by atoms with Crippen LogP contribution in [0.4, 0.5) is 0 Å². The molecule has 1 saturated heterocycles. The molecule has 0 saturated carbocycles. The Hall–Kier alpha value is -1.02. The van der Waals surface area contributed by atoms with Gasteiger partial charge in [-0.25, -0.2) is 0 Å². The lowest BCUT2D eigenvalue weighted by Gasteiger charge is -2.23. The standard InChI is InChI=1S/C14H21NO/c1-10-8-14(16)11(2)7-13(10)9-12-3-5-15-6-4-12/h7-8,12,15-16H,3-6,9H2,1-2H3. The number of aromatic hydroxyl groups is 1. The van der Waals surface area contributed by atoms with Crippen LogP contribution in [0.2, 0.25) is 0 Å². The smallest absolute Gasteiger partial charge is 0.118 e. The molecule has 0 radical (unpaired) electrons. The molecule has 1 aromatic rings. The summed E-state index contributed by atoms with van der Waals surface area (Å²) in [5.41, 5.74) is 3.62. The molecule has 2 nitrogen and oxygen atoms in total. The summed E-state index contributed by atoms with van der Waals surface area (Å²) >= 11 is 0. The van der Waals surface area contributed by atoms with E-state index in [0.717, 1.165) is 31.0 Å². The third-order valence-electron chi connectivity index (χ3n) is 3.62. The maximum Gasteiger partial charge on any atom is 0.118 e. The van der Waals surface area contributed by atoms with Crippen LogP contribution in [0.25, 0.3) is 0 Å². The fourth-order valence-corrected chi connectivity index (χ4v) is 2.48. The van der Waals surface area contributed by atoms with Crippen molar-refractivity contribution in [2.75, 3.05) is 13.1 Å². The zero-order valence-electron chi connectivity index (χ0n) is 10.2. The second-order valence-electron chi connectivity index (χ2n) is 4.96. The Bertz CT molecular complexity index is 367. The van der Waals surface area contributed by atoms with E-state index in [1.807, 2.05) is 13.0 Å². The van der Waals surface area contributed by atoms with Crippen LogP contribution < -0.4 is 5.32 Å². The van der Waals surface area contributed by atoms with Gasteiger partial charge in [-0.1, -0.05) is 6.07 Å². The number of aryl methyl sites for hydroxylation is 2. The molecule has 0 spiro atoms. The molecule has 0 atom stereocenters. The number of phenols is 1. The lowest BCUT2D eigenvalue weighted by molar-refractivity contribution is 0.372. The predicted octanol–water partition coefficient (Wildman–Crippen LogP) is 2.55. The van der Waals surface area contributed by atoms with Crippen LogP contribution in [0, 0.1) is 19.8 Å². The number of phenolic OH excluding ortho intramolecular Hbond substituents is 1. The van der Waals surface area contributed by atoms with Gasteiger partial charge in [0.25, 0.3) is 0 Å². The van der Waals surface area contributed by atoms with Crippen molar-refractivity contribution in [3.05, 3.63) is 28.8 Å². The first-order valence-electron chi connectivity index (χ1n) is 6.16. The maximum atomic E-state index is 9.62. The van der Waals surface area contributed by atoms with Gasteiger partial charge in [0.1, 0.15) is 5.75 Å². The molecule has 1 aromatic carbocycles. The van der Waals surface area contributed by atoms with E-state index < -0.39 is 0 Å². The monoisotopic (exact) mass is 219 g/mol. The van der Waals surface area contributed by atoms with Gasteiger partial charge < -0.3 is 10.4 Å². The van der Waals surface area contributed by atoms with E-state index in [9.17, 15) is 5.11 Å². The van der Waals surface area contributed by atoms with Crippen molar-refractivity contribution >= 4 is 0 Å². The number of rotatable bonds is 2. The molecule has 0 unspecified atom stereocenters. The molecule has 0 amide bonds. The van der Waals surface area contributed by atoms with Crippen molar-refractivity contribution in [1.82, 2.24) is 5.32 Å². The molecular formula is C14H21NO. The van der Waals surface area contributed by atoms with Gasteiger partial charge in [0.2, 0.25) is 0 Å². The second kappa shape index (κ2) is 4.88. The third kappa shape index (κ3) is 2.56. The number of hydrogen-bond donors (Lipinski definition) is 2. The SMILES string of the molecule is Cc1cc(CC2CCNCC2)c(C)cc1O.